The van der Waals surface area contributed by atoms with Gasteiger partial charge in [0.05, 0.1) is 11.2 Å². The van der Waals surface area contributed by atoms with E-state index in [1.807, 2.05) is 30.3 Å². The first-order valence-corrected chi connectivity index (χ1v) is 4.64. The van der Waals surface area contributed by atoms with Crippen LogP contribution in [0.4, 0.5) is 0 Å². The number of nitrogens with zero attached hydrogens (tertiary/aromatic N) is 3. The molecule has 4 nitrogen and oxygen atoms in total. The molecule has 1 N–H and O–H groups in total. The maximum absolute atomic E-state index is 4.25. The normalized spacial score (nSPS) is 10.7. The van der Waals surface area contributed by atoms with E-state index in [1.54, 1.807) is 6.20 Å². The number of hydrogen-bond donors (Lipinski definition) is 1. The highest BCUT2D eigenvalue weighted by molar-refractivity contribution is 5.91. The van der Waals surface area contributed by atoms with Crippen LogP contribution in [0.2, 0.25) is 0 Å². The number of aromatic nitrogens is 4. The SMILES string of the molecule is c1ccc2c(-c3ccncn3)n[nH]c2c1. The Labute approximate surface area is 86.0 Å². The second-order valence-corrected chi connectivity index (χ2v) is 3.21. The third-order valence-corrected chi connectivity index (χ3v) is 2.29. The molecule has 0 amide bonds. The van der Waals surface area contributed by atoms with Crippen LogP contribution in [0, 0.1) is 0 Å². The fraction of sp³-hybridized carbons (Fsp3) is 0. The highest BCUT2D eigenvalue weighted by Crippen LogP contribution is 2.23. The Kier molecular flexibility index (Phi) is 1.71. The van der Waals surface area contributed by atoms with Gasteiger partial charge < -0.3 is 0 Å². The van der Waals surface area contributed by atoms with E-state index in [4.69, 9.17) is 0 Å². The minimum atomic E-state index is 0.836. The Balaban J connectivity index is 2.28. The molecule has 0 spiro atoms. The molecule has 1 aromatic carbocycles. The molecule has 3 aromatic rings. The summed E-state index contributed by atoms with van der Waals surface area (Å²) in [5, 5.41) is 8.31. The monoisotopic (exact) mass is 196 g/mol. The number of rotatable bonds is 1. The van der Waals surface area contributed by atoms with E-state index in [9.17, 15) is 0 Å². The average Bonchev–Trinajstić information content (AvgIpc) is 2.74. The van der Waals surface area contributed by atoms with Gasteiger partial charge in [-0.05, 0) is 12.1 Å². The molecular weight excluding hydrogens is 188 g/mol. The maximum Gasteiger partial charge on any atom is 0.118 e. The third kappa shape index (κ3) is 1.27. The number of nitrogens with one attached hydrogen (secondary N) is 1. The zero-order valence-corrected chi connectivity index (χ0v) is 7.88. The van der Waals surface area contributed by atoms with E-state index >= 15 is 0 Å². The Morgan fingerprint density at radius 3 is 2.87 bits per heavy atom. The zero-order chi connectivity index (χ0) is 10.1. The van der Waals surface area contributed by atoms with Crippen LogP contribution in [0.3, 0.4) is 0 Å². The summed E-state index contributed by atoms with van der Waals surface area (Å²) in [5.41, 5.74) is 2.72. The number of para-hydroxylation sites is 1. The van der Waals surface area contributed by atoms with Gasteiger partial charge in [0.15, 0.2) is 0 Å². The lowest BCUT2D eigenvalue weighted by Gasteiger charge is -1.94. The minimum absolute atomic E-state index is 0.836. The second-order valence-electron chi connectivity index (χ2n) is 3.21. The molecule has 0 saturated carbocycles. The van der Waals surface area contributed by atoms with E-state index in [0.29, 0.717) is 0 Å². The molecule has 0 bridgehead atoms. The summed E-state index contributed by atoms with van der Waals surface area (Å²) >= 11 is 0. The Morgan fingerprint density at radius 1 is 1.07 bits per heavy atom. The van der Waals surface area contributed by atoms with Gasteiger partial charge in [-0.3, -0.25) is 5.10 Å². The second kappa shape index (κ2) is 3.16. The lowest BCUT2D eigenvalue weighted by molar-refractivity contribution is 1.10. The molecular formula is C11H8N4. The fourth-order valence-electron chi connectivity index (χ4n) is 1.59. The molecule has 0 saturated heterocycles. The van der Waals surface area contributed by atoms with Gasteiger partial charge >= 0.3 is 0 Å². The quantitative estimate of drug-likeness (QED) is 0.647. The van der Waals surface area contributed by atoms with Crippen molar-refractivity contribution in [2.75, 3.05) is 0 Å². The van der Waals surface area contributed by atoms with Crippen molar-refractivity contribution in [2.45, 2.75) is 0 Å². The van der Waals surface area contributed by atoms with E-state index in [-0.39, 0.29) is 0 Å². The molecule has 2 heterocycles. The van der Waals surface area contributed by atoms with Crippen molar-refractivity contribution in [1.29, 1.82) is 0 Å². The molecule has 0 atom stereocenters. The molecule has 0 radical (unpaired) electrons. The van der Waals surface area contributed by atoms with Gasteiger partial charge in [-0.15, -0.1) is 0 Å². The van der Waals surface area contributed by atoms with Crippen molar-refractivity contribution in [2.24, 2.45) is 0 Å². The number of benzene rings is 1. The van der Waals surface area contributed by atoms with Gasteiger partial charge in [0, 0.05) is 11.6 Å². The molecule has 0 aliphatic rings. The van der Waals surface area contributed by atoms with Crippen molar-refractivity contribution in [3.8, 4) is 11.4 Å². The fourth-order valence-corrected chi connectivity index (χ4v) is 1.59. The summed E-state index contributed by atoms with van der Waals surface area (Å²) in [5.74, 6) is 0. The molecule has 0 fully saturated rings. The van der Waals surface area contributed by atoms with Gasteiger partial charge in [0.25, 0.3) is 0 Å². The molecule has 0 unspecified atom stereocenters. The minimum Gasteiger partial charge on any atom is -0.277 e. The summed E-state index contributed by atoms with van der Waals surface area (Å²) in [4.78, 5) is 8.06. The number of hydrogen-bond acceptors (Lipinski definition) is 3. The van der Waals surface area contributed by atoms with E-state index < -0.39 is 0 Å². The maximum atomic E-state index is 4.25. The van der Waals surface area contributed by atoms with Gasteiger partial charge in [0.1, 0.15) is 12.0 Å². The molecule has 2 aromatic heterocycles. The predicted molar refractivity (Wildman–Crippen MR) is 57.1 cm³/mol. The van der Waals surface area contributed by atoms with Gasteiger partial charge in [-0.25, -0.2) is 9.97 Å². The van der Waals surface area contributed by atoms with Crippen LogP contribution >= 0.6 is 0 Å². The van der Waals surface area contributed by atoms with Crippen LogP contribution in [-0.4, -0.2) is 20.2 Å². The Bertz CT molecular complexity index is 586. The van der Waals surface area contributed by atoms with Crippen LogP contribution in [-0.2, 0) is 0 Å². The number of fused-ring (bicyclic) bond motifs is 1. The largest absolute Gasteiger partial charge is 0.277 e. The standard InChI is InChI=1S/C11H8N4/c1-2-4-9-8(3-1)11(15-14-9)10-5-6-12-7-13-10/h1-7H,(H,14,15). The van der Waals surface area contributed by atoms with E-state index in [2.05, 4.69) is 20.2 Å². The van der Waals surface area contributed by atoms with Gasteiger partial charge in [0.2, 0.25) is 0 Å². The average molecular weight is 196 g/mol. The number of aromatic amines is 1. The molecule has 4 heteroatoms. The molecule has 0 aliphatic heterocycles. The lowest BCUT2D eigenvalue weighted by Crippen LogP contribution is -1.84. The first kappa shape index (κ1) is 8.11. The smallest absolute Gasteiger partial charge is 0.118 e. The summed E-state index contributed by atoms with van der Waals surface area (Å²) in [6, 6.07) is 9.83. The molecule has 0 aliphatic carbocycles. The van der Waals surface area contributed by atoms with Crippen LogP contribution in [0.5, 0.6) is 0 Å². The van der Waals surface area contributed by atoms with Crippen LogP contribution < -0.4 is 0 Å². The molecule has 3 rings (SSSR count). The highest BCUT2D eigenvalue weighted by Gasteiger charge is 2.07. The van der Waals surface area contributed by atoms with Gasteiger partial charge in [-0.1, -0.05) is 18.2 Å². The Hall–Kier alpha value is -2.23. The van der Waals surface area contributed by atoms with Crippen LogP contribution in [0.1, 0.15) is 0 Å². The highest BCUT2D eigenvalue weighted by atomic mass is 15.1. The molecule has 15 heavy (non-hydrogen) atoms. The summed E-state index contributed by atoms with van der Waals surface area (Å²) in [6.45, 7) is 0. The van der Waals surface area contributed by atoms with Crippen molar-refractivity contribution in [1.82, 2.24) is 20.2 Å². The number of H-pyrrole nitrogens is 1. The summed E-state index contributed by atoms with van der Waals surface area (Å²) < 4.78 is 0. The van der Waals surface area contributed by atoms with Crippen molar-refractivity contribution < 1.29 is 0 Å². The third-order valence-electron chi connectivity index (χ3n) is 2.29. The topological polar surface area (TPSA) is 54.5 Å². The van der Waals surface area contributed by atoms with Crippen molar-refractivity contribution in [3.05, 3.63) is 42.9 Å². The zero-order valence-electron chi connectivity index (χ0n) is 7.88. The lowest BCUT2D eigenvalue weighted by atomic mass is 10.2. The first-order chi connectivity index (χ1) is 7.45. The van der Waals surface area contributed by atoms with E-state index in [0.717, 1.165) is 22.3 Å². The summed E-state index contributed by atoms with van der Waals surface area (Å²) in [6.07, 6.45) is 3.24. The predicted octanol–water partition coefficient (Wildman–Crippen LogP) is 2.02. The van der Waals surface area contributed by atoms with Crippen molar-refractivity contribution >= 4 is 10.9 Å². The summed E-state index contributed by atoms with van der Waals surface area (Å²) in [7, 11) is 0. The van der Waals surface area contributed by atoms with Crippen LogP contribution in [0.25, 0.3) is 22.3 Å². The van der Waals surface area contributed by atoms with Crippen LogP contribution in [0.15, 0.2) is 42.9 Å². The first-order valence-electron chi connectivity index (χ1n) is 4.64. The Morgan fingerprint density at radius 2 is 2.00 bits per heavy atom. The van der Waals surface area contributed by atoms with Crippen molar-refractivity contribution in [3.63, 3.8) is 0 Å². The molecule has 72 valence electrons. The van der Waals surface area contributed by atoms with E-state index in [1.165, 1.54) is 6.33 Å². The van der Waals surface area contributed by atoms with Gasteiger partial charge in [-0.2, -0.15) is 5.10 Å².